The first-order valence-electron chi connectivity index (χ1n) is 12.3. The number of rotatable bonds is 17. The summed E-state index contributed by atoms with van der Waals surface area (Å²) in [7, 11) is 0. The number of unbranched alkanes of at least 4 members (excludes halogenated alkanes) is 10. The van der Waals surface area contributed by atoms with Crippen LogP contribution < -0.4 is 0 Å². The third-order valence-electron chi connectivity index (χ3n) is 5.82. The first-order valence-corrected chi connectivity index (χ1v) is 13.1. The fraction of sp³-hybridized carbons (Fsp3) is 0.640. The van der Waals surface area contributed by atoms with Crippen LogP contribution in [0.1, 0.15) is 95.4 Å². The Morgan fingerprint density at radius 1 is 0.912 bits per heavy atom. The molecule has 34 heavy (non-hydrogen) atoms. The number of carbonyl (C=O) groups is 2. The zero-order valence-corrected chi connectivity index (χ0v) is 20.7. The van der Waals surface area contributed by atoms with E-state index in [1.54, 1.807) is 0 Å². The van der Waals surface area contributed by atoms with Gasteiger partial charge in [0, 0.05) is 19.0 Å². The fourth-order valence-electron chi connectivity index (χ4n) is 3.89. The van der Waals surface area contributed by atoms with Gasteiger partial charge in [-0.2, -0.15) is 0 Å². The van der Waals surface area contributed by atoms with E-state index in [0.717, 1.165) is 37.0 Å². The lowest BCUT2D eigenvalue weighted by Gasteiger charge is -2.21. The summed E-state index contributed by atoms with van der Waals surface area (Å²) in [5.74, 6) is -4.83. The van der Waals surface area contributed by atoms with Crippen molar-refractivity contribution >= 4 is 33.4 Å². The van der Waals surface area contributed by atoms with Crippen LogP contribution in [0.4, 0.5) is 13.2 Å². The summed E-state index contributed by atoms with van der Waals surface area (Å²) in [5, 5.41) is 9.18. The largest absolute Gasteiger partial charge is 0.481 e. The molecule has 0 atom stereocenters. The van der Waals surface area contributed by atoms with Crippen molar-refractivity contribution in [2.75, 3.05) is 6.54 Å². The van der Waals surface area contributed by atoms with Crippen molar-refractivity contribution in [2.24, 2.45) is 0 Å². The second-order valence-corrected chi connectivity index (χ2v) is 9.77. The molecule has 1 aromatic heterocycles. The third kappa shape index (κ3) is 9.24. The number of halogens is 3. The Labute approximate surface area is 203 Å². The van der Waals surface area contributed by atoms with Gasteiger partial charge in [-0.15, -0.1) is 11.3 Å². The van der Waals surface area contributed by atoms with Gasteiger partial charge < -0.3 is 10.0 Å². The molecule has 1 N–H and O–H groups in total. The lowest BCUT2D eigenvalue weighted by molar-refractivity contribution is -0.141. The number of amides is 1. The molecule has 0 aliphatic carbocycles. The topological polar surface area (TPSA) is 70.5 Å². The number of nitrogens with zero attached hydrogens (tertiary/aromatic N) is 2. The predicted octanol–water partition coefficient (Wildman–Crippen LogP) is 7.22. The standard InChI is InChI=1S/C25H35F3N2O3S/c1-2-3-4-5-6-7-8-9-10-11-12-15-30(21(31)13-14-22(32)33)17-20-29-24-23(28)18(26)16-19(27)25(24)34-20/h16H,2-15,17H2,1H3,(H,32,33). The Kier molecular flexibility index (Phi) is 12.4. The van der Waals surface area contributed by atoms with Crippen molar-refractivity contribution in [1.82, 2.24) is 9.88 Å². The maximum absolute atomic E-state index is 14.0. The molecule has 1 aromatic carbocycles. The van der Waals surface area contributed by atoms with E-state index >= 15 is 0 Å². The molecule has 0 aliphatic heterocycles. The Bertz CT molecular complexity index is 936. The number of aliphatic carboxylic acids is 1. The molecule has 0 saturated carbocycles. The quantitative estimate of drug-likeness (QED) is 0.184. The summed E-state index contributed by atoms with van der Waals surface area (Å²) in [6.07, 6.45) is 12.3. The zero-order chi connectivity index (χ0) is 24.9. The minimum atomic E-state index is -1.31. The number of carbonyl (C=O) groups excluding carboxylic acids is 1. The second kappa shape index (κ2) is 15.0. The molecule has 2 aromatic rings. The van der Waals surface area contributed by atoms with Crippen LogP contribution in [-0.2, 0) is 16.1 Å². The Hall–Kier alpha value is -2.16. The number of hydrogen-bond donors (Lipinski definition) is 1. The molecule has 0 unspecified atom stereocenters. The second-order valence-electron chi connectivity index (χ2n) is 8.68. The molecule has 2 rings (SSSR count). The minimum absolute atomic E-state index is 0.00998. The molecular formula is C25H35F3N2O3S. The Morgan fingerprint density at radius 2 is 1.50 bits per heavy atom. The molecule has 0 saturated heterocycles. The van der Waals surface area contributed by atoms with E-state index in [-0.39, 0.29) is 40.5 Å². The third-order valence-corrected chi connectivity index (χ3v) is 6.87. The highest BCUT2D eigenvalue weighted by Crippen LogP contribution is 2.29. The van der Waals surface area contributed by atoms with E-state index in [0.29, 0.717) is 12.6 Å². The normalized spacial score (nSPS) is 11.3. The van der Waals surface area contributed by atoms with Crippen molar-refractivity contribution in [1.29, 1.82) is 0 Å². The summed E-state index contributed by atoms with van der Waals surface area (Å²) >= 11 is 0.874. The van der Waals surface area contributed by atoms with Crippen molar-refractivity contribution in [3.8, 4) is 0 Å². The van der Waals surface area contributed by atoms with Gasteiger partial charge in [-0.25, -0.2) is 18.2 Å². The van der Waals surface area contributed by atoms with Gasteiger partial charge in [-0.05, 0) is 6.42 Å². The average molecular weight is 501 g/mol. The minimum Gasteiger partial charge on any atom is -0.481 e. The van der Waals surface area contributed by atoms with Crippen LogP contribution in [0.25, 0.3) is 10.2 Å². The van der Waals surface area contributed by atoms with Gasteiger partial charge in [-0.1, -0.05) is 71.1 Å². The molecule has 5 nitrogen and oxygen atoms in total. The van der Waals surface area contributed by atoms with E-state index in [1.165, 1.54) is 49.8 Å². The molecule has 9 heteroatoms. The van der Waals surface area contributed by atoms with E-state index in [1.807, 2.05) is 0 Å². The molecule has 0 radical (unpaired) electrons. The van der Waals surface area contributed by atoms with E-state index < -0.39 is 23.4 Å². The summed E-state index contributed by atoms with van der Waals surface area (Å²) in [5.41, 5.74) is -0.384. The SMILES string of the molecule is CCCCCCCCCCCCCN(Cc1nc2c(F)c(F)cc(F)c2s1)C(=O)CCC(=O)O. The number of carboxylic acid groups (broad SMARTS) is 1. The number of carboxylic acids is 1. The first kappa shape index (κ1) is 28.1. The predicted molar refractivity (Wildman–Crippen MR) is 128 cm³/mol. The molecular weight excluding hydrogens is 465 g/mol. The van der Waals surface area contributed by atoms with Crippen LogP contribution in [-0.4, -0.2) is 33.4 Å². The monoisotopic (exact) mass is 500 g/mol. The molecule has 1 heterocycles. The van der Waals surface area contributed by atoms with Gasteiger partial charge in [-0.3, -0.25) is 9.59 Å². The highest BCUT2D eigenvalue weighted by atomic mass is 32.1. The van der Waals surface area contributed by atoms with Crippen LogP contribution in [0.2, 0.25) is 0 Å². The van der Waals surface area contributed by atoms with Gasteiger partial charge in [0.15, 0.2) is 11.6 Å². The van der Waals surface area contributed by atoms with Gasteiger partial charge in [0.25, 0.3) is 0 Å². The first-order chi connectivity index (χ1) is 16.3. The van der Waals surface area contributed by atoms with Crippen molar-refractivity contribution in [3.05, 3.63) is 28.5 Å². The number of fused-ring (bicyclic) bond motifs is 1. The summed E-state index contributed by atoms with van der Waals surface area (Å²) in [6, 6.07) is 0.487. The van der Waals surface area contributed by atoms with E-state index in [2.05, 4.69) is 11.9 Å². The Morgan fingerprint density at radius 3 is 2.09 bits per heavy atom. The summed E-state index contributed by atoms with van der Waals surface area (Å²) in [4.78, 5) is 29.0. The number of benzene rings is 1. The van der Waals surface area contributed by atoms with Crippen LogP contribution in [0.5, 0.6) is 0 Å². The van der Waals surface area contributed by atoms with Gasteiger partial charge >= 0.3 is 5.97 Å². The molecule has 1 amide bonds. The van der Waals surface area contributed by atoms with Gasteiger partial charge in [0.2, 0.25) is 5.91 Å². The van der Waals surface area contributed by atoms with E-state index in [4.69, 9.17) is 5.11 Å². The van der Waals surface area contributed by atoms with Crippen LogP contribution in [0, 0.1) is 17.5 Å². The number of hydrogen-bond acceptors (Lipinski definition) is 4. The van der Waals surface area contributed by atoms with E-state index in [9.17, 15) is 22.8 Å². The van der Waals surface area contributed by atoms with Crippen LogP contribution in [0.15, 0.2) is 6.07 Å². The molecule has 0 spiro atoms. The smallest absolute Gasteiger partial charge is 0.303 e. The highest BCUT2D eigenvalue weighted by Gasteiger charge is 2.21. The van der Waals surface area contributed by atoms with Gasteiger partial charge in [0.05, 0.1) is 17.7 Å². The molecule has 190 valence electrons. The lowest BCUT2D eigenvalue weighted by atomic mass is 10.1. The molecule has 0 bridgehead atoms. The zero-order valence-electron chi connectivity index (χ0n) is 19.9. The van der Waals surface area contributed by atoms with Crippen LogP contribution >= 0.6 is 11.3 Å². The maximum Gasteiger partial charge on any atom is 0.303 e. The van der Waals surface area contributed by atoms with Crippen molar-refractivity contribution in [2.45, 2.75) is 96.9 Å². The van der Waals surface area contributed by atoms with Crippen molar-refractivity contribution < 1.29 is 27.9 Å². The Balaban J connectivity index is 1.87. The van der Waals surface area contributed by atoms with Gasteiger partial charge in [0.1, 0.15) is 16.3 Å². The van der Waals surface area contributed by atoms with Crippen molar-refractivity contribution in [3.63, 3.8) is 0 Å². The number of thiazole rings is 1. The molecule has 0 fully saturated rings. The molecule has 0 aliphatic rings. The summed E-state index contributed by atoms with van der Waals surface area (Å²) in [6.45, 7) is 2.63. The fourth-order valence-corrected chi connectivity index (χ4v) is 4.87. The average Bonchev–Trinajstić information content (AvgIpc) is 3.23. The summed E-state index contributed by atoms with van der Waals surface area (Å²) < 4.78 is 41.4. The number of aromatic nitrogens is 1. The maximum atomic E-state index is 14.0. The van der Waals surface area contributed by atoms with Crippen LogP contribution in [0.3, 0.4) is 0 Å². The highest BCUT2D eigenvalue weighted by molar-refractivity contribution is 7.18. The lowest BCUT2D eigenvalue weighted by Crippen LogP contribution is -2.31.